The number of fused-ring (bicyclic) bond motifs is 1. The summed E-state index contributed by atoms with van der Waals surface area (Å²) in [5.41, 5.74) is 4.52. The van der Waals surface area contributed by atoms with Gasteiger partial charge in [-0.15, -0.1) is 0 Å². The highest BCUT2D eigenvalue weighted by Crippen LogP contribution is 2.22. The first-order chi connectivity index (χ1) is 14.2. The van der Waals surface area contributed by atoms with Crippen molar-refractivity contribution in [2.24, 2.45) is 0 Å². The van der Waals surface area contributed by atoms with Crippen molar-refractivity contribution in [2.45, 2.75) is 6.61 Å². The molecule has 4 aromatic rings. The number of rotatable bonds is 5. The van der Waals surface area contributed by atoms with Gasteiger partial charge in [0.15, 0.2) is 0 Å². The number of benzene rings is 3. The number of hydrogen-bond acceptors (Lipinski definition) is 4. The molecule has 0 saturated heterocycles. The third-order valence-corrected chi connectivity index (χ3v) is 4.40. The fraction of sp³-hybridized carbons (Fsp3) is 0.0417. The largest absolute Gasteiger partial charge is 0.489 e. The number of H-pyrrole nitrogens is 1. The van der Waals surface area contributed by atoms with Crippen molar-refractivity contribution >= 4 is 22.7 Å². The van der Waals surface area contributed by atoms with Crippen LogP contribution in [-0.2, 0) is 6.61 Å². The first-order valence-electron chi connectivity index (χ1n) is 9.04. The number of aromatic nitrogens is 2. The van der Waals surface area contributed by atoms with Crippen molar-refractivity contribution in [3.63, 3.8) is 0 Å². The second kappa shape index (κ2) is 8.12. The monoisotopic (exact) mass is 376 g/mol. The summed E-state index contributed by atoms with van der Waals surface area (Å²) in [6.07, 6.45) is 1.78. The minimum Gasteiger partial charge on any atom is -0.489 e. The van der Waals surface area contributed by atoms with Crippen LogP contribution < -0.4 is 4.74 Å². The molecule has 1 aromatic heterocycles. The zero-order valence-electron chi connectivity index (χ0n) is 15.5. The van der Waals surface area contributed by atoms with Crippen LogP contribution in [0.4, 0.5) is 0 Å². The molecule has 0 amide bonds. The Hall–Kier alpha value is -4.35. The van der Waals surface area contributed by atoms with E-state index in [9.17, 15) is 5.26 Å². The summed E-state index contributed by atoms with van der Waals surface area (Å²) in [5, 5.41) is 18.6. The van der Waals surface area contributed by atoms with Crippen LogP contribution in [0.2, 0.25) is 0 Å². The Labute approximate surface area is 168 Å². The predicted octanol–water partition coefficient (Wildman–Crippen LogP) is 5.08. The average Bonchev–Trinajstić information content (AvgIpc) is 3.20. The molecule has 0 aliphatic rings. The maximum absolute atomic E-state index is 9.60. The smallest absolute Gasteiger partial charge is 0.149 e. The van der Waals surface area contributed by atoms with E-state index >= 15 is 0 Å². The summed E-state index contributed by atoms with van der Waals surface area (Å²) in [4.78, 5) is 7.67. The van der Waals surface area contributed by atoms with E-state index in [1.165, 1.54) is 0 Å². The van der Waals surface area contributed by atoms with Gasteiger partial charge in [0.05, 0.1) is 28.2 Å². The lowest BCUT2D eigenvalue weighted by molar-refractivity contribution is 0.306. The van der Waals surface area contributed by atoms with Gasteiger partial charge in [-0.3, -0.25) is 0 Å². The molecular weight excluding hydrogens is 360 g/mol. The second-order valence-electron chi connectivity index (χ2n) is 6.45. The van der Waals surface area contributed by atoms with E-state index in [1.54, 1.807) is 18.2 Å². The maximum Gasteiger partial charge on any atom is 0.149 e. The molecule has 5 heteroatoms. The van der Waals surface area contributed by atoms with E-state index < -0.39 is 0 Å². The molecule has 0 aliphatic carbocycles. The van der Waals surface area contributed by atoms with Crippen LogP contribution in [0.3, 0.4) is 0 Å². The van der Waals surface area contributed by atoms with E-state index in [2.05, 4.69) is 22.1 Å². The Morgan fingerprint density at radius 2 is 1.86 bits per heavy atom. The lowest BCUT2D eigenvalue weighted by Crippen LogP contribution is -1.96. The van der Waals surface area contributed by atoms with Gasteiger partial charge >= 0.3 is 0 Å². The van der Waals surface area contributed by atoms with E-state index in [0.717, 1.165) is 22.2 Å². The summed E-state index contributed by atoms with van der Waals surface area (Å²) >= 11 is 0. The zero-order chi connectivity index (χ0) is 20.1. The van der Waals surface area contributed by atoms with Gasteiger partial charge in [0.25, 0.3) is 0 Å². The molecule has 0 unspecified atom stereocenters. The molecule has 0 saturated carbocycles. The minimum atomic E-state index is 0.359. The van der Waals surface area contributed by atoms with Gasteiger partial charge in [0, 0.05) is 0 Å². The second-order valence-corrected chi connectivity index (χ2v) is 6.45. The number of aromatic amines is 1. The average molecular weight is 376 g/mol. The van der Waals surface area contributed by atoms with Gasteiger partial charge < -0.3 is 9.72 Å². The van der Waals surface area contributed by atoms with E-state index in [-0.39, 0.29) is 0 Å². The molecule has 0 aliphatic heterocycles. The first kappa shape index (κ1) is 18.0. The highest BCUT2D eigenvalue weighted by atomic mass is 16.5. The van der Waals surface area contributed by atoms with Crippen LogP contribution in [-0.4, -0.2) is 9.97 Å². The number of nitriles is 2. The molecule has 0 bridgehead atoms. The lowest BCUT2D eigenvalue weighted by atomic mass is 10.1. The van der Waals surface area contributed by atoms with Crippen LogP contribution in [0.25, 0.3) is 22.7 Å². The highest BCUT2D eigenvalue weighted by Gasteiger charge is 2.08. The van der Waals surface area contributed by atoms with Crippen molar-refractivity contribution in [1.29, 1.82) is 10.5 Å². The van der Waals surface area contributed by atoms with Gasteiger partial charge in [-0.05, 0) is 53.6 Å². The van der Waals surface area contributed by atoms with E-state index in [0.29, 0.717) is 29.3 Å². The molecule has 138 valence electrons. The summed E-state index contributed by atoms with van der Waals surface area (Å²) in [6, 6.07) is 26.8. The number of hydrogen-bond donors (Lipinski definition) is 1. The van der Waals surface area contributed by atoms with Crippen molar-refractivity contribution in [1.82, 2.24) is 9.97 Å². The molecule has 0 atom stereocenters. The first-order valence-corrected chi connectivity index (χ1v) is 9.04. The normalized spacial score (nSPS) is 11.0. The molecular formula is C24H16N4O. The van der Waals surface area contributed by atoms with Crippen LogP contribution in [0.1, 0.15) is 22.5 Å². The van der Waals surface area contributed by atoms with Crippen molar-refractivity contribution < 1.29 is 4.74 Å². The fourth-order valence-corrected chi connectivity index (χ4v) is 2.99. The van der Waals surface area contributed by atoms with Crippen molar-refractivity contribution in [2.75, 3.05) is 0 Å². The van der Waals surface area contributed by atoms with Crippen molar-refractivity contribution in [3.05, 3.63) is 95.3 Å². The molecule has 1 heterocycles. The number of para-hydroxylation sites is 2. The molecule has 0 fully saturated rings. The van der Waals surface area contributed by atoms with Gasteiger partial charge in [0.1, 0.15) is 24.3 Å². The summed E-state index contributed by atoms with van der Waals surface area (Å²) < 4.78 is 5.86. The quantitative estimate of drug-likeness (QED) is 0.492. The van der Waals surface area contributed by atoms with Gasteiger partial charge in [0.2, 0.25) is 0 Å². The Bertz CT molecular complexity index is 1250. The van der Waals surface area contributed by atoms with Crippen LogP contribution >= 0.6 is 0 Å². The Morgan fingerprint density at radius 1 is 1.00 bits per heavy atom. The zero-order valence-corrected chi connectivity index (χ0v) is 15.5. The summed E-state index contributed by atoms with van der Waals surface area (Å²) in [7, 11) is 0. The predicted molar refractivity (Wildman–Crippen MR) is 112 cm³/mol. The standard InChI is InChI=1S/C24H16N4O/c25-14-18-6-3-7-19(11-18)16-29-21-8-4-5-17(13-21)12-20(15-26)24-27-22-9-1-2-10-23(22)28-24/h1-13H,16H2,(H,27,28)/b20-12-. The SMILES string of the molecule is N#C/C(=C/c1cccc(OCc2cccc(C#N)c2)c1)c1nc2ccccc2[nH]1. The number of imidazole rings is 1. The van der Waals surface area contributed by atoms with Crippen LogP contribution in [0, 0.1) is 22.7 Å². The van der Waals surface area contributed by atoms with E-state index in [4.69, 9.17) is 10.00 Å². The Balaban J connectivity index is 1.55. The highest BCUT2D eigenvalue weighted by molar-refractivity contribution is 5.90. The maximum atomic E-state index is 9.60. The van der Waals surface area contributed by atoms with Crippen LogP contribution in [0.5, 0.6) is 5.75 Å². The minimum absolute atomic E-state index is 0.359. The number of allylic oxidation sites excluding steroid dienone is 1. The number of ether oxygens (including phenoxy) is 1. The molecule has 3 aromatic carbocycles. The van der Waals surface area contributed by atoms with Gasteiger partial charge in [-0.25, -0.2) is 4.98 Å². The van der Waals surface area contributed by atoms with Crippen molar-refractivity contribution in [3.8, 4) is 17.9 Å². The van der Waals surface area contributed by atoms with Crippen LogP contribution in [0.15, 0.2) is 72.8 Å². The van der Waals surface area contributed by atoms with E-state index in [1.807, 2.05) is 60.7 Å². The summed E-state index contributed by atoms with van der Waals surface area (Å²) in [6.45, 7) is 0.359. The van der Waals surface area contributed by atoms with Gasteiger partial charge in [-0.2, -0.15) is 10.5 Å². The lowest BCUT2D eigenvalue weighted by Gasteiger charge is -2.07. The topological polar surface area (TPSA) is 85.5 Å². The summed E-state index contributed by atoms with van der Waals surface area (Å²) in [5.74, 6) is 1.22. The molecule has 1 N–H and O–H groups in total. The third kappa shape index (κ3) is 4.16. The Kier molecular flexibility index (Phi) is 5.05. The molecule has 0 radical (unpaired) electrons. The molecule has 5 nitrogen and oxygen atoms in total. The molecule has 0 spiro atoms. The molecule has 29 heavy (non-hydrogen) atoms. The Morgan fingerprint density at radius 3 is 2.69 bits per heavy atom. The molecule has 4 rings (SSSR count). The van der Waals surface area contributed by atoms with Gasteiger partial charge in [-0.1, -0.05) is 36.4 Å². The number of nitrogens with one attached hydrogen (secondary N) is 1. The fourth-order valence-electron chi connectivity index (χ4n) is 2.99. The number of nitrogens with zero attached hydrogens (tertiary/aromatic N) is 3. The third-order valence-electron chi connectivity index (χ3n) is 4.40.